The van der Waals surface area contributed by atoms with Crippen LogP contribution in [0.4, 0.5) is 13.2 Å². The van der Waals surface area contributed by atoms with E-state index in [4.69, 9.17) is 4.74 Å². The zero-order valence-corrected chi connectivity index (χ0v) is 20.2. The Kier molecular flexibility index (Phi) is 11.0. The summed E-state index contributed by atoms with van der Waals surface area (Å²) in [4.78, 5) is 60.7. The number of benzene rings is 2. The summed E-state index contributed by atoms with van der Waals surface area (Å²) in [5, 5.41) is 5.15. The van der Waals surface area contributed by atoms with Crippen molar-refractivity contribution in [1.82, 2.24) is 21.1 Å². The van der Waals surface area contributed by atoms with Gasteiger partial charge in [-0.1, -0.05) is 42.5 Å². The van der Waals surface area contributed by atoms with Crippen LogP contribution in [0, 0.1) is 0 Å². The van der Waals surface area contributed by atoms with Crippen molar-refractivity contribution in [2.75, 3.05) is 13.2 Å². The van der Waals surface area contributed by atoms with Crippen molar-refractivity contribution in [3.63, 3.8) is 0 Å². The number of esters is 1. The molecule has 0 aliphatic rings. The second-order valence-electron chi connectivity index (χ2n) is 7.58. The minimum Gasteiger partial charge on any atom is -0.465 e. The van der Waals surface area contributed by atoms with Gasteiger partial charge in [-0.05, 0) is 30.2 Å². The molecule has 2 aromatic rings. The quantitative estimate of drug-likeness (QED) is 0.174. The lowest BCUT2D eigenvalue weighted by Crippen LogP contribution is -2.51. The number of amides is 4. The number of hydrogen-bond donors (Lipinski definition) is 3. The fourth-order valence-electron chi connectivity index (χ4n) is 3.07. The second kappa shape index (κ2) is 14.2. The van der Waals surface area contributed by atoms with Gasteiger partial charge < -0.3 is 15.4 Å². The summed E-state index contributed by atoms with van der Waals surface area (Å²) in [6.07, 6.45) is -2.95. The molecule has 0 bridgehead atoms. The predicted molar refractivity (Wildman–Crippen MR) is 127 cm³/mol. The average Bonchev–Trinajstić information content (AvgIpc) is 2.89. The second-order valence-corrected chi connectivity index (χ2v) is 7.58. The van der Waals surface area contributed by atoms with Crippen LogP contribution in [0.1, 0.15) is 29.7 Å². The lowest BCUT2D eigenvalue weighted by Gasteiger charge is -2.24. The van der Waals surface area contributed by atoms with Gasteiger partial charge in [0.25, 0.3) is 11.8 Å². The third kappa shape index (κ3) is 9.41. The monoisotopic (exact) mass is 534 g/mol. The Hall–Kier alpha value is -4.68. The SMILES string of the molecule is CCOC(=O)CN(NC(=O)C(NC=O)c1cccc(C(F)(F)F)c1)C(=O)/C=C/C(=O)NCc1ccccc1. The number of hydrogen-bond acceptors (Lipinski definition) is 6. The van der Waals surface area contributed by atoms with Gasteiger partial charge in [-0.25, -0.2) is 5.01 Å². The number of alkyl halides is 3. The summed E-state index contributed by atoms with van der Waals surface area (Å²) in [5.74, 6) is -3.71. The first-order valence-electron chi connectivity index (χ1n) is 11.2. The summed E-state index contributed by atoms with van der Waals surface area (Å²) in [6, 6.07) is 10.9. The molecule has 4 amide bonds. The number of nitrogens with zero attached hydrogens (tertiary/aromatic N) is 1. The summed E-state index contributed by atoms with van der Waals surface area (Å²) < 4.78 is 44.1. The third-order valence-corrected chi connectivity index (χ3v) is 4.83. The van der Waals surface area contributed by atoms with Gasteiger partial charge in [0.05, 0.1) is 12.2 Å². The van der Waals surface area contributed by atoms with Crippen molar-refractivity contribution >= 4 is 30.1 Å². The molecule has 0 radical (unpaired) electrons. The van der Waals surface area contributed by atoms with E-state index >= 15 is 0 Å². The Bertz CT molecular complexity index is 1170. The Morgan fingerprint density at radius 1 is 1.03 bits per heavy atom. The maximum Gasteiger partial charge on any atom is 0.416 e. The molecule has 1 atom stereocenters. The number of carbonyl (C=O) groups excluding carboxylic acids is 5. The molecule has 0 fully saturated rings. The fraction of sp³-hybridized carbons (Fsp3) is 0.240. The molecule has 0 spiro atoms. The maximum absolute atomic E-state index is 13.1. The topological polar surface area (TPSA) is 134 Å². The lowest BCUT2D eigenvalue weighted by molar-refractivity contribution is -0.151. The van der Waals surface area contributed by atoms with Crippen molar-refractivity contribution in [2.24, 2.45) is 0 Å². The number of carbonyl (C=O) groups is 5. The largest absolute Gasteiger partial charge is 0.465 e. The molecule has 13 heteroatoms. The van der Waals surface area contributed by atoms with E-state index < -0.39 is 48.0 Å². The maximum atomic E-state index is 13.1. The fourth-order valence-corrected chi connectivity index (χ4v) is 3.07. The molecule has 0 saturated heterocycles. The zero-order valence-electron chi connectivity index (χ0n) is 20.2. The molecular formula is C25H25F3N4O6. The lowest BCUT2D eigenvalue weighted by atomic mass is 10.0. The van der Waals surface area contributed by atoms with E-state index in [9.17, 15) is 37.1 Å². The number of ether oxygens (including phenoxy) is 1. The van der Waals surface area contributed by atoms with E-state index in [-0.39, 0.29) is 25.1 Å². The highest BCUT2D eigenvalue weighted by Gasteiger charge is 2.32. The van der Waals surface area contributed by atoms with Crippen LogP contribution >= 0.6 is 0 Å². The molecule has 0 saturated carbocycles. The van der Waals surface area contributed by atoms with Gasteiger partial charge in [0.1, 0.15) is 12.6 Å². The van der Waals surface area contributed by atoms with Crippen LogP contribution in [-0.2, 0) is 41.4 Å². The molecule has 0 heterocycles. The first-order valence-corrected chi connectivity index (χ1v) is 11.2. The van der Waals surface area contributed by atoms with Crippen molar-refractivity contribution in [2.45, 2.75) is 25.7 Å². The summed E-state index contributed by atoms with van der Waals surface area (Å²) >= 11 is 0. The van der Waals surface area contributed by atoms with Crippen molar-refractivity contribution in [1.29, 1.82) is 0 Å². The summed E-state index contributed by atoms with van der Waals surface area (Å²) in [5.41, 5.74) is 1.60. The van der Waals surface area contributed by atoms with Gasteiger partial charge in [0, 0.05) is 18.7 Å². The first kappa shape index (κ1) is 29.5. The van der Waals surface area contributed by atoms with E-state index in [1.54, 1.807) is 30.3 Å². The average molecular weight is 534 g/mol. The zero-order chi connectivity index (χ0) is 28.1. The minimum atomic E-state index is -4.71. The number of nitrogens with one attached hydrogen (secondary N) is 3. The Balaban J connectivity index is 2.18. The molecule has 0 aliphatic carbocycles. The van der Waals surface area contributed by atoms with Gasteiger partial charge >= 0.3 is 12.1 Å². The van der Waals surface area contributed by atoms with Gasteiger partial charge in [0.15, 0.2) is 0 Å². The van der Waals surface area contributed by atoms with Crippen LogP contribution < -0.4 is 16.1 Å². The van der Waals surface area contributed by atoms with Crippen LogP contribution in [0.3, 0.4) is 0 Å². The van der Waals surface area contributed by atoms with E-state index in [0.717, 1.165) is 29.8 Å². The first-order chi connectivity index (χ1) is 18.0. The smallest absolute Gasteiger partial charge is 0.416 e. The third-order valence-electron chi connectivity index (χ3n) is 4.83. The molecule has 1 unspecified atom stereocenters. The number of halogens is 3. The molecule has 3 N–H and O–H groups in total. The minimum absolute atomic E-state index is 0.0356. The summed E-state index contributed by atoms with van der Waals surface area (Å²) in [6.45, 7) is 0.867. The van der Waals surface area contributed by atoms with Crippen LogP contribution in [0.25, 0.3) is 0 Å². The van der Waals surface area contributed by atoms with E-state index in [0.29, 0.717) is 11.1 Å². The highest BCUT2D eigenvalue weighted by Crippen LogP contribution is 2.30. The van der Waals surface area contributed by atoms with Gasteiger partial charge in [0.2, 0.25) is 12.3 Å². The molecule has 202 valence electrons. The van der Waals surface area contributed by atoms with E-state index in [1.165, 1.54) is 13.0 Å². The molecule has 2 rings (SSSR count). The highest BCUT2D eigenvalue weighted by atomic mass is 19.4. The normalized spacial score (nSPS) is 11.8. The highest BCUT2D eigenvalue weighted by molar-refractivity contribution is 5.98. The Labute approximate surface area is 215 Å². The van der Waals surface area contributed by atoms with Crippen LogP contribution in [-0.4, -0.2) is 48.3 Å². The van der Waals surface area contributed by atoms with Crippen LogP contribution in [0.15, 0.2) is 66.7 Å². The van der Waals surface area contributed by atoms with Gasteiger partial charge in [-0.2, -0.15) is 13.2 Å². The van der Waals surface area contributed by atoms with Crippen LogP contribution in [0.2, 0.25) is 0 Å². The number of rotatable bonds is 11. The molecule has 10 nitrogen and oxygen atoms in total. The van der Waals surface area contributed by atoms with Crippen molar-refractivity contribution in [3.05, 3.63) is 83.4 Å². The molecule has 2 aromatic carbocycles. The van der Waals surface area contributed by atoms with Crippen molar-refractivity contribution < 1.29 is 41.9 Å². The van der Waals surface area contributed by atoms with E-state index in [2.05, 4.69) is 16.1 Å². The predicted octanol–water partition coefficient (Wildman–Crippen LogP) is 1.79. The van der Waals surface area contributed by atoms with Crippen molar-refractivity contribution in [3.8, 4) is 0 Å². The number of hydrazine groups is 1. The molecular weight excluding hydrogens is 509 g/mol. The Morgan fingerprint density at radius 2 is 1.74 bits per heavy atom. The summed E-state index contributed by atoms with van der Waals surface area (Å²) in [7, 11) is 0. The van der Waals surface area contributed by atoms with Gasteiger partial charge in [-0.15, -0.1) is 0 Å². The van der Waals surface area contributed by atoms with Crippen LogP contribution in [0.5, 0.6) is 0 Å². The molecule has 0 aliphatic heterocycles. The standard InChI is InChI=1S/C25H25F3N4O6/c1-2-38-22(36)15-32(21(35)12-11-20(34)29-14-17-7-4-3-5-8-17)31-24(37)23(30-16-33)18-9-6-10-19(13-18)25(26,27)28/h3-13,16,23H,2,14-15H2,1H3,(H,29,34)(H,30,33)(H,31,37)/b12-11+. The van der Waals surface area contributed by atoms with Gasteiger partial charge in [-0.3, -0.25) is 29.4 Å². The molecule has 38 heavy (non-hydrogen) atoms. The Morgan fingerprint density at radius 3 is 2.37 bits per heavy atom. The molecule has 0 aromatic heterocycles. The van der Waals surface area contributed by atoms with E-state index in [1.807, 2.05) is 0 Å².